The van der Waals surface area contributed by atoms with Gasteiger partial charge in [-0.15, -0.1) is 10.2 Å². The van der Waals surface area contributed by atoms with E-state index >= 15 is 0 Å². The molecule has 0 spiro atoms. The Labute approximate surface area is 170 Å². The molecule has 0 saturated heterocycles. The topological polar surface area (TPSA) is 30.7 Å². The van der Waals surface area contributed by atoms with Crippen LogP contribution in [0.5, 0.6) is 0 Å². The Morgan fingerprint density at radius 1 is 0.862 bits per heavy atom. The van der Waals surface area contributed by atoms with Crippen molar-refractivity contribution >= 4 is 11.8 Å². The van der Waals surface area contributed by atoms with Crippen LogP contribution in [-0.4, -0.2) is 14.8 Å². The summed E-state index contributed by atoms with van der Waals surface area (Å²) in [6.45, 7) is 1.97. The minimum absolute atomic E-state index is 0.230. The molecule has 3 nitrogen and oxygen atoms in total. The van der Waals surface area contributed by atoms with Crippen LogP contribution in [0.25, 0.3) is 17.1 Å². The van der Waals surface area contributed by atoms with E-state index in [0.29, 0.717) is 22.1 Å². The maximum Gasteiger partial charge on any atom is 0.196 e. The van der Waals surface area contributed by atoms with Crippen molar-refractivity contribution in [1.29, 1.82) is 0 Å². The van der Waals surface area contributed by atoms with Crippen molar-refractivity contribution in [2.45, 2.75) is 17.8 Å². The van der Waals surface area contributed by atoms with Crippen LogP contribution in [0.1, 0.15) is 11.1 Å². The lowest BCUT2D eigenvalue weighted by Gasteiger charge is -2.11. The molecule has 7 heteroatoms. The number of halogens is 3. The first kappa shape index (κ1) is 19.3. The number of benzene rings is 3. The van der Waals surface area contributed by atoms with Crippen LogP contribution in [0, 0.1) is 24.4 Å². The molecule has 146 valence electrons. The van der Waals surface area contributed by atoms with Gasteiger partial charge in [0, 0.05) is 17.5 Å². The summed E-state index contributed by atoms with van der Waals surface area (Å²) < 4.78 is 43.3. The van der Waals surface area contributed by atoms with Gasteiger partial charge in [0.2, 0.25) is 0 Å². The number of hydrogen-bond donors (Lipinski definition) is 0. The Morgan fingerprint density at radius 3 is 2.34 bits per heavy atom. The molecule has 0 fully saturated rings. The third-order valence-corrected chi connectivity index (χ3v) is 5.39. The van der Waals surface area contributed by atoms with Crippen LogP contribution < -0.4 is 0 Å². The van der Waals surface area contributed by atoms with Gasteiger partial charge in [0.05, 0.1) is 5.56 Å². The molecular formula is C22H16F3N3S. The highest BCUT2D eigenvalue weighted by molar-refractivity contribution is 7.98. The van der Waals surface area contributed by atoms with Gasteiger partial charge in [-0.3, -0.25) is 4.57 Å². The lowest BCUT2D eigenvalue weighted by Crippen LogP contribution is -2.01. The van der Waals surface area contributed by atoms with Crippen molar-refractivity contribution in [3.8, 4) is 17.1 Å². The number of rotatable bonds is 5. The standard InChI is InChI=1S/C22H16F3N3S/c1-14-6-10-17(11-7-14)28-21(18-4-2-3-5-19(18)24)26-27-22(28)29-13-15-8-9-16(23)12-20(15)25/h2-12H,13H2,1H3. The number of hydrogen-bond acceptors (Lipinski definition) is 3. The molecule has 0 atom stereocenters. The number of aromatic nitrogens is 3. The van der Waals surface area contributed by atoms with Crippen LogP contribution in [0.4, 0.5) is 13.2 Å². The van der Waals surface area contributed by atoms with Gasteiger partial charge in [0.1, 0.15) is 17.5 Å². The van der Waals surface area contributed by atoms with Crippen LogP contribution >= 0.6 is 11.8 Å². The second kappa shape index (κ2) is 8.13. The third kappa shape index (κ3) is 4.05. The molecule has 4 aromatic rings. The molecule has 4 rings (SSSR count). The van der Waals surface area contributed by atoms with Gasteiger partial charge >= 0.3 is 0 Å². The molecular weight excluding hydrogens is 395 g/mol. The lowest BCUT2D eigenvalue weighted by atomic mass is 10.2. The van der Waals surface area contributed by atoms with Crippen molar-refractivity contribution in [1.82, 2.24) is 14.8 Å². The van der Waals surface area contributed by atoms with Crippen molar-refractivity contribution in [2.24, 2.45) is 0 Å². The number of aryl methyl sites for hydroxylation is 1. The van der Waals surface area contributed by atoms with Gasteiger partial charge in [-0.1, -0.05) is 47.7 Å². The van der Waals surface area contributed by atoms with Gasteiger partial charge in [0.15, 0.2) is 11.0 Å². The van der Waals surface area contributed by atoms with E-state index in [1.54, 1.807) is 22.8 Å². The minimum atomic E-state index is -0.624. The third-order valence-electron chi connectivity index (χ3n) is 4.41. The summed E-state index contributed by atoms with van der Waals surface area (Å²) in [7, 11) is 0. The average molecular weight is 411 g/mol. The van der Waals surface area contributed by atoms with E-state index in [0.717, 1.165) is 17.3 Å². The lowest BCUT2D eigenvalue weighted by molar-refractivity contribution is 0.576. The van der Waals surface area contributed by atoms with E-state index in [2.05, 4.69) is 10.2 Å². The van der Waals surface area contributed by atoms with E-state index in [4.69, 9.17) is 0 Å². The van der Waals surface area contributed by atoms with Crippen LogP contribution in [0.3, 0.4) is 0 Å². The van der Waals surface area contributed by atoms with Crippen LogP contribution in [0.15, 0.2) is 71.9 Å². The fourth-order valence-corrected chi connectivity index (χ4v) is 3.83. The maximum atomic E-state index is 14.4. The van der Waals surface area contributed by atoms with Gasteiger partial charge in [-0.05, 0) is 42.8 Å². The molecule has 1 heterocycles. The van der Waals surface area contributed by atoms with Crippen molar-refractivity contribution in [2.75, 3.05) is 0 Å². The highest BCUT2D eigenvalue weighted by Gasteiger charge is 2.19. The zero-order chi connectivity index (χ0) is 20.4. The summed E-state index contributed by atoms with van der Waals surface area (Å²) in [5, 5.41) is 8.88. The summed E-state index contributed by atoms with van der Waals surface area (Å²) in [4.78, 5) is 0. The largest absolute Gasteiger partial charge is 0.270 e. The first-order valence-corrected chi connectivity index (χ1v) is 9.85. The molecule has 0 radical (unpaired) electrons. The highest BCUT2D eigenvalue weighted by Crippen LogP contribution is 2.31. The molecule has 0 N–H and O–H groups in total. The minimum Gasteiger partial charge on any atom is -0.270 e. The van der Waals surface area contributed by atoms with E-state index in [9.17, 15) is 13.2 Å². The molecule has 0 aliphatic carbocycles. The first-order chi connectivity index (χ1) is 14.0. The number of nitrogens with zero attached hydrogens (tertiary/aromatic N) is 3. The van der Waals surface area contributed by atoms with E-state index in [1.807, 2.05) is 31.2 Å². The molecule has 3 aromatic carbocycles. The molecule has 29 heavy (non-hydrogen) atoms. The predicted octanol–water partition coefficient (Wildman–Crippen LogP) is 5.95. The van der Waals surface area contributed by atoms with Gasteiger partial charge < -0.3 is 0 Å². The fourth-order valence-electron chi connectivity index (χ4n) is 2.89. The van der Waals surface area contributed by atoms with Crippen LogP contribution in [-0.2, 0) is 5.75 Å². The molecule has 0 amide bonds. The summed E-state index contributed by atoms with van der Waals surface area (Å²) in [5.74, 6) is -1.06. The average Bonchev–Trinajstić information content (AvgIpc) is 3.12. The maximum absolute atomic E-state index is 14.4. The second-order valence-corrected chi connectivity index (χ2v) is 7.42. The second-order valence-electron chi connectivity index (χ2n) is 6.48. The van der Waals surface area contributed by atoms with E-state index < -0.39 is 17.5 Å². The monoisotopic (exact) mass is 411 g/mol. The highest BCUT2D eigenvalue weighted by atomic mass is 32.2. The van der Waals surface area contributed by atoms with Crippen molar-refractivity contribution in [3.63, 3.8) is 0 Å². The van der Waals surface area contributed by atoms with Crippen LogP contribution in [0.2, 0.25) is 0 Å². The summed E-state index contributed by atoms with van der Waals surface area (Å²) >= 11 is 1.25. The molecule has 0 bridgehead atoms. The zero-order valence-electron chi connectivity index (χ0n) is 15.4. The number of thioether (sulfide) groups is 1. The first-order valence-electron chi connectivity index (χ1n) is 8.87. The Hall–Kier alpha value is -3.06. The van der Waals surface area contributed by atoms with E-state index in [-0.39, 0.29) is 5.75 Å². The molecule has 0 aliphatic heterocycles. The van der Waals surface area contributed by atoms with Gasteiger partial charge in [-0.25, -0.2) is 13.2 Å². The Bertz CT molecular complexity index is 1160. The normalized spacial score (nSPS) is 11.0. The van der Waals surface area contributed by atoms with E-state index in [1.165, 1.54) is 30.0 Å². The summed E-state index contributed by atoms with van der Waals surface area (Å²) in [5.41, 5.74) is 2.51. The SMILES string of the molecule is Cc1ccc(-n2c(SCc3ccc(F)cc3F)nnc2-c2ccccc2F)cc1. The smallest absolute Gasteiger partial charge is 0.196 e. The molecule has 0 unspecified atom stereocenters. The van der Waals surface area contributed by atoms with Gasteiger partial charge in [-0.2, -0.15) is 0 Å². The van der Waals surface area contributed by atoms with Gasteiger partial charge in [0.25, 0.3) is 0 Å². The summed E-state index contributed by atoms with van der Waals surface area (Å²) in [6.07, 6.45) is 0. The quantitative estimate of drug-likeness (QED) is 0.380. The zero-order valence-corrected chi connectivity index (χ0v) is 16.3. The Morgan fingerprint density at radius 2 is 1.62 bits per heavy atom. The molecule has 1 aromatic heterocycles. The predicted molar refractivity (Wildman–Crippen MR) is 107 cm³/mol. The summed E-state index contributed by atoms with van der Waals surface area (Å²) in [6, 6.07) is 17.5. The van der Waals surface area contributed by atoms with Crippen molar-refractivity contribution < 1.29 is 13.2 Å². The fraction of sp³-hybridized carbons (Fsp3) is 0.0909. The van der Waals surface area contributed by atoms with Crippen molar-refractivity contribution in [3.05, 3.63) is 95.3 Å². The Kier molecular flexibility index (Phi) is 5.40. The molecule has 0 aliphatic rings. The molecule has 0 saturated carbocycles. The Balaban J connectivity index is 1.75.